The molecule has 0 saturated heterocycles. The van der Waals surface area contributed by atoms with Crippen LogP contribution in [0.4, 0.5) is 0 Å². The number of carboxylic acids is 1. The van der Waals surface area contributed by atoms with Gasteiger partial charge in [0.15, 0.2) is 0 Å². The van der Waals surface area contributed by atoms with Gasteiger partial charge >= 0.3 is 11.9 Å². The molecular formula is C9H16O6. The Morgan fingerprint density at radius 1 is 1.27 bits per heavy atom. The number of aliphatic carboxylic acids is 1. The maximum absolute atomic E-state index is 11.0. The maximum atomic E-state index is 11.0. The van der Waals surface area contributed by atoms with E-state index in [4.69, 9.17) is 14.9 Å². The van der Waals surface area contributed by atoms with Crippen molar-refractivity contribution >= 4 is 11.9 Å². The maximum Gasteiger partial charge on any atom is 0.332 e. The van der Waals surface area contributed by atoms with E-state index in [1.165, 1.54) is 0 Å². The lowest BCUT2D eigenvalue weighted by molar-refractivity contribution is -0.157. The van der Waals surface area contributed by atoms with Gasteiger partial charge in [0.25, 0.3) is 0 Å². The van der Waals surface area contributed by atoms with E-state index < -0.39 is 37.4 Å². The Labute approximate surface area is 87.8 Å². The minimum atomic E-state index is -1.14. The molecule has 0 spiro atoms. The summed E-state index contributed by atoms with van der Waals surface area (Å²) in [6, 6.07) is 0. The summed E-state index contributed by atoms with van der Waals surface area (Å²) in [6.45, 7) is 2.31. The number of carboxylic acid groups (broad SMARTS) is 1. The highest BCUT2D eigenvalue weighted by Crippen LogP contribution is 2.02. The third-order valence-corrected chi connectivity index (χ3v) is 1.45. The van der Waals surface area contributed by atoms with E-state index in [2.05, 4.69) is 4.74 Å². The van der Waals surface area contributed by atoms with Crippen LogP contribution in [0.25, 0.3) is 0 Å². The molecule has 0 bridgehead atoms. The van der Waals surface area contributed by atoms with Crippen molar-refractivity contribution in [2.45, 2.75) is 32.5 Å². The monoisotopic (exact) mass is 220 g/mol. The van der Waals surface area contributed by atoms with Crippen molar-refractivity contribution in [1.29, 1.82) is 0 Å². The third kappa shape index (κ3) is 9.17. The smallest absolute Gasteiger partial charge is 0.332 e. The Balaban J connectivity index is 3.60. The number of carbonyl (C=O) groups is 2. The molecule has 0 aromatic rings. The average Bonchev–Trinajstić information content (AvgIpc) is 2.00. The molecule has 0 saturated carbocycles. The lowest BCUT2D eigenvalue weighted by Gasteiger charge is -2.14. The molecular weight excluding hydrogens is 204 g/mol. The van der Waals surface area contributed by atoms with Crippen LogP contribution in [-0.4, -0.2) is 47.6 Å². The fraction of sp³-hybridized carbons (Fsp3) is 0.778. The van der Waals surface area contributed by atoms with Crippen molar-refractivity contribution in [3.05, 3.63) is 0 Å². The van der Waals surface area contributed by atoms with Crippen molar-refractivity contribution in [3.8, 4) is 0 Å². The fourth-order valence-corrected chi connectivity index (χ4v) is 1.01. The number of ether oxygens (including phenoxy) is 2. The molecule has 0 heterocycles. The van der Waals surface area contributed by atoms with Gasteiger partial charge in [-0.05, 0) is 13.8 Å². The van der Waals surface area contributed by atoms with E-state index in [0.29, 0.717) is 6.42 Å². The summed E-state index contributed by atoms with van der Waals surface area (Å²) in [6.07, 6.45) is -0.622. The van der Waals surface area contributed by atoms with Crippen LogP contribution in [0.1, 0.15) is 20.3 Å². The first kappa shape index (κ1) is 13.9. The van der Waals surface area contributed by atoms with Gasteiger partial charge in [0.2, 0.25) is 0 Å². The molecule has 0 radical (unpaired) electrons. The van der Waals surface area contributed by atoms with E-state index >= 15 is 0 Å². The SMILES string of the molecule is CC(O)CC(C)OC(=O)COCC(=O)O. The van der Waals surface area contributed by atoms with Crippen LogP contribution in [0.15, 0.2) is 0 Å². The molecule has 0 fully saturated rings. The van der Waals surface area contributed by atoms with Gasteiger partial charge in [-0.25, -0.2) is 9.59 Å². The quantitative estimate of drug-likeness (QED) is 0.577. The molecule has 2 unspecified atom stereocenters. The summed E-state index contributed by atoms with van der Waals surface area (Å²) in [5.74, 6) is -1.77. The number of aliphatic hydroxyl groups is 1. The van der Waals surface area contributed by atoms with Gasteiger partial charge in [-0.3, -0.25) is 0 Å². The molecule has 0 aliphatic carbocycles. The summed E-state index contributed by atoms with van der Waals surface area (Å²) in [5, 5.41) is 17.2. The van der Waals surface area contributed by atoms with E-state index in [1.807, 2.05) is 0 Å². The van der Waals surface area contributed by atoms with Gasteiger partial charge < -0.3 is 19.7 Å². The molecule has 0 aromatic carbocycles. The van der Waals surface area contributed by atoms with Crippen molar-refractivity contribution in [2.24, 2.45) is 0 Å². The normalized spacial score (nSPS) is 14.3. The second-order valence-corrected chi connectivity index (χ2v) is 3.27. The highest BCUT2D eigenvalue weighted by atomic mass is 16.6. The van der Waals surface area contributed by atoms with E-state index in [-0.39, 0.29) is 0 Å². The second kappa shape index (κ2) is 7.19. The minimum Gasteiger partial charge on any atom is -0.480 e. The number of aliphatic hydroxyl groups excluding tert-OH is 1. The molecule has 88 valence electrons. The Morgan fingerprint density at radius 2 is 1.87 bits per heavy atom. The van der Waals surface area contributed by atoms with Crippen molar-refractivity contribution in [2.75, 3.05) is 13.2 Å². The van der Waals surface area contributed by atoms with Crippen LogP contribution in [0.3, 0.4) is 0 Å². The van der Waals surface area contributed by atoms with Gasteiger partial charge in [-0.2, -0.15) is 0 Å². The van der Waals surface area contributed by atoms with Crippen LogP contribution < -0.4 is 0 Å². The van der Waals surface area contributed by atoms with Gasteiger partial charge in [-0.15, -0.1) is 0 Å². The molecule has 0 aromatic heterocycles. The second-order valence-electron chi connectivity index (χ2n) is 3.27. The highest BCUT2D eigenvalue weighted by molar-refractivity contribution is 5.72. The number of rotatable bonds is 7. The van der Waals surface area contributed by atoms with Crippen LogP contribution >= 0.6 is 0 Å². The molecule has 2 atom stereocenters. The van der Waals surface area contributed by atoms with Crippen LogP contribution in [-0.2, 0) is 19.1 Å². The summed E-state index contributed by atoms with van der Waals surface area (Å²) >= 11 is 0. The molecule has 2 N–H and O–H groups in total. The minimum absolute atomic E-state index is 0.338. The lowest BCUT2D eigenvalue weighted by Crippen LogP contribution is -2.23. The predicted molar refractivity (Wildman–Crippen MR) is 50.3 cm³/mol. The first-order valence-electron chi connectivity index (χ1n) is 4.59. The van der Waals surface area contributed by atoms with Gasteiger partial charge in [-0.1, -0.05) is 0 Å². The first-order valence-corrected chi connectivity index (χ1v) is 4.59. The average molecular weight is 220 g/mol. The Bertz CT molecular complexity index is 213. The van der Waals surface area contributed by atoms with Crippen molar-refractivity contribution in [3.63, 3.8) is 0 Å². The standard InChI is InChI=1S/C9H16O6/c1-6(10)3-7(2)15-9(13)5-14-4-8(11)12/h6-7,10H,3-5H2,1-2H3,(H,11,12). The van der Waals surface area contributed by atoms with Gasteiger partial charge in [0, 0.05) is 6.42 Å². The van der Waals surface area contributed by atoms with Crippen LogP contribution in [0.5, 0.6) is 0 Å². The summed E-state index contributed by atoms with van der Waals surface area (Å²) < 4.78 is 9.35. The molecule has 0 aliphatic heterocycles. The molecule has 6 heteroatoms. The van der Waals surface area contributed by atoms with Crippen molar-refractivity contribution in [1.82, 2.24) is 0 Å². The lowest BCUT2D eigenvalue weighted by atomic mass is 10.2. The number of hydrogen-bond donors (Lipinski definition) is 2. The van der Waals surface area contributed by atoms with Gasteiger partial charge in [0.1, 0.15) is 19.3 Å². The topological polar surface area (TPSA) is 93.1 Å². The van der Waals surface area contributed by atoms with E-state index in [9.17, 15) is 9.59 Å². The zero-order valence-electron chi connectivity index (χ0n) is 8.80. The molecule has 6 nitrogen and oxygen atoms in total. The summed E-state index contributed by atoms with van der Waals surface area (Å²) in [4.78, 5) is 21.0. The zero-order chi connectivity index (χ0) is 11.8. The summed E-state index contributed by atoms with van der Waals surface area (Å²) in [7, 11) is 0. The molecule has 15 heavy (non-hydrogen) atoms. The van der Waals surface area contributed by atoms with Crippen LogP contribution in [0.2, 0.25) is 0 Å². The summed E-state index contributed by atoms with van der Waals surface area (Å²) in [5.41, 5.74) is 0. The van der Waals surface area contributed by atoms with Gasteiger partial charge in [0.05, 0.1) is 6.10 Å². The first-order chi connectivity index (χ1) is 6.91. The Hall–Kier alpha value is -1.14. The van der Waals surface area contributed by atoms with E-state index in [1.54, 1.807) is 13.8 Å². The molecule has 0 rings (SSSR count). The predicted octanol–water partition coefficient (Wildman–Crippen LogP) is -0.210. The Kier molecular flexibility index (Phi) is 6.64. The van der Waals surface area contributed by atoms with Crippen LogP contribution in [0, 0.1) is 0 Å². The largest absolute Gasteiger partial charge is 0.480 e. The third-order valence-electron chi connectivity index (χ3n) is 1.45. The number of hydrogen-bond acceptors (Lipinski definition) is 5. The fourth-order valence-electron chi connectivity index (χ4n) is 1.01. The molecule has 0 aliphatic rings. The Morgan fingerprint density at radius 3 is 2.33 bits per heavy atom. The molecule has 0 amide bonds. The highest BCUT2D eigenvalue weighted by Gasteiger charge is 2.12. The zero-order valence-corrected chi connectivity index (χ0v) is 8.80. The van der Waals surface area contributed by atoms with E-state index in [0.717, 1.165) is 0 Å². The number of esters is 1. The number of carbonyl (C=O) groups excluding carboxylic acids is 1. The van der Waals surface area contributed by atoms with Crippen molar-refractivity contribution < 1.29 is 29.3 Å².